The van der Waals surface area contributed by atoms with Crippen LogP contribution in [0.15, 0.2) is 249 Å². The molecule has 1 nitrogen and oxygen atoms in total. The number of benzene rings is 13. The minimum atomic E-state index is 1.10. The van der Waals surface area contributed by atoms with Crippen molar-refractivity contribution in [1.82, 2.24) is 0 Å². The fourth-order valence-electron chi connectivity index (χ4n) is 10.5. The molecule has 0 aliphatic heterocycles. The van der Waals surface area contributed by atoms with Crippen molar-refractivity contribution in [2.45, 2.75) is 0 Å². The summed E-state index contributed by atoms with van der Waals surface area (Å²) in [6.07, 6.45) is 0. The molecule has 0 aliphatic carbocycles. The molecule has 0 bridgehead atoms. The van der Waals surface area contributed by atoms with E-state index in [1.165, 1.54) is 109 Å². The van der Waals surface area contributed by atoms with Crippen molar-refractivity contribution >= 4 is 92.5 Å². The van der Waals surface area contributed by atoms with E-state index in [1.54, 1.807) is 0 Å². The predicted octanol–water partition coefficient (Wildman–Crippen LogP) is 18.2. The van der Waals surface area contributed by atoms with Gasteiger partial charge in [-0.25, -0.2) is 0 Å². The third-order valence-corrected chi connectivity index (χ3v) is 13.6. The molecule has 0 aromatic heterocycles. The monoisotopic (exact) mass is 823 g/mol. The lowest BCUT2D eigenvalue weighted by molar-refractivity contribution is 1.29. The maximum absolute atomic E-state index is 2.41. The lowest BCUT2D eigenvalue weighted by Gasteiger charge is -2.27. The van der Waals surface area contributed by atoms with E-state index in [1.807, 2.05) is 0 Å². The molecule has 0 fully saturated rings. The van der Waals surface area contributed by atoms with Crippen LogP contribution in [0.5, 0.6) is 0 Å². The zero-order valence-corrected chi connectivity index (χ0v) is 35.6. The summed E-state index contributed by atoms with van der Waals surface area (Å²) in [6, 6.07) is 91.6. The van der Waals surface area contributed by atoms with E-state index in [9.17, 15) is 0 Å². The van der Waals surface area contributed by atoms with Gasteiger partial charge in [0.05, 0.1) is 0 Å². The molecule has 0 radical (unpaired) electrons. The Bertz CT molecular complexity index is 3940. The van der Waals surface area contributed by atoms with Gasteiger partial charge in [0, 0.05) is 17.1 Å². The summed E-state index contributed by atoms with van der Waals surface area (Å²) in [6.45, 7) is 0. The number of rotatable bonds is 6. The second-order valence-electron chi connectivity index (χ2n) is 17.2. The maximum Gasteiger partial charge on any atom is 0.0468 e. The Morgan fingerprint density at radius 2 is 0.477 bits per heavy atom. The predicted molar refractivity (Wildman–Crippen MR) is 280 cm³/mol. The molecule has 65 heavy (non-hydrogen) atoms. The van der Waals surface area contributed by atoms with Gasteiger partial charge < -0.3 is 4.90 Å². The average Bonchev–Trinajstić information content (AvgIpc) is 3.39. The maximum atomic E-state index is 2.41. The second-order valence-corrected chi connectivity index (χ2v) is 17.2. The van der Waals surface area contributed by atoms with E-state index in [-0.39, 0.29) is 0 Å². The Hall–Kier alpha value is -8.52. The van der Waals surface area contributed by atoms with Gasteiger partial charge in [0.1, 0.15) is 0 Å². The number of hydrogen-bond acceptors (Lipinski definition) is 1. The molecular formula is C64H41N. The molecule has 302 valence electrons. The highest BCUT2D eigenvalue weighted by Gasteiger charge is 2.18. The van der Waals surface area contributed by atoms with Crippen molar-refractivity contribution in [2.75, 3.05) is 4.90 Å². The molecule has 0 heterocycles. The van der Waals surface area contributed by atoms with Crippen LogP contribution >= 0.6 is 0 Å². The quantitative estimate of drug-likeness (QED) is 0.151. The van der Waals surface area contributed by atoms with Gasteiger partial charge >= 0.3 is 0 Å². The standard InChI is InChI=1S/C64H41N/c1-3-15-51-46(13-1)39-62(58-22-10-5-17-53(51)58)44-27-25-42(26-28-44)43-29-33-48(34-30-43)65(50-37-38-61-57-21-8-7-19-55(57)56-20-9-12-24-60(56)64(61)41-50)49-35-31-45(32-36-49)63-40-47-14-2-4-16-52(47)54-18-6-11-23-59(54)63/h1-41H. The molecule has 0 amide bonds. The Kier molecular flexibility index (Phi) is 8.60. The van der Waals surface area contributed by atoms with Crippen LogP contribution in [-0.2, 0) is 0 Å². The highest BCUT2D eigenvalue weighted by atomic mass is 15.1. The Labute approximate surface area is 377 Å². The van der Waals surface area contributed by atoms with Gasteiger partial charge in [0.25, 0.3) is 0 Å². The Balaban J connectivity index is 0.920. The highest BCUT2D eigenvalue weighted by Crippen LogP contribution is 2.43. The molecule has 13 aromatic carbocycles. The minimum absolute atomic E-state index is 1.10. The molecule has 0 saturated carbocycles. The molecule has 0 atom stereocenters. The summed E-state index contributed by atoms with van der Waals surface area (Å²) in [5, 5.41) is 17.8. The van der Waals surface area contributed by atoms with Crippen LogP contribution in [0.3, 0.4) is 0 Å². The van der Waals surface area contributed by atoms with Crippen LogP contribution in [0, 0.1) is 0 Å². The highest BCUT2D eigenvalue weighted by molar-refractivity contribution is 6.26. The van der Waals surface area contributed by atoms with Gasteiger partial charge in [0.15, 0.2) is 0 Å². The van der Waals surface area contributed by atoms with E-state index in [4.69, 9.17) is 0 Å². The zero-order chi connectivity index (χ0) is 42.8. The van der Waals surface area contributed by atoms with Crippen molar-refractivity contribution in [1.29, 1.82) is 0 Å². The summed E-state index contributed by atoms with van der Waals surface area (Å²) in [4.78, 5) is 2.41. The van der Waals surface area contributed by atoms with Crippen molar-refractivity contribution in [3.8, 4) is 33.4 Å². The van der Waals surface area contributed by atoms with Crippen LogP contribution in [-0.4, -0.2) is 0 Å². The van der Waals surface area contributed by atoms with Gasteiger partial charge in [-0.3, -0.25) is 0 Å². The first-order chi connectivity index (χ1) is 32.2. The zero-order valence-electron chi connectivity index (χ0n) is 35.6. The lowest BCUT2D eigenvalue weighted by Crippen LogP contribution is -2.10. The molecule has 0 aliphatic rings. The van der Waals surface area contributed by atoms with Gasteiger partial charge in [0.2, 0.25) is 0 Å². The minimum Gasteiger partial charge on any atom is -0.310 e. The first kappa shape index (κ1) is 37.1. The summed E-state index contributed by atoms with van der Waals surface area (Å²) in [7, 11) is 0. The fourth-order valence-corrected chi connectivity index (χ4v) is 10.5. The molecule has 0 N–H and O–H groups in total. The smallest absolute Gasteiger partial charge is 0.0468 e. The van der Waals surface area contributed by atoms with Crippen LogP contribution in [0.25, 0.3) is 109 Å². The van der Waals surface area contributed by atoms with E-state index in [0.29, 0.717) is 0 Å². The Morgan fingerprint density at radius 3 is 0.923 bits per heavy atom. The molecule has 0 spiro atoms. The van der Waals surface area contributed by atoms with Crippen LogP contribution in [0.1, 0.15) is 0 Å². The SMILES string of the molecule is c1ccc2c(c1)cc(-c1ccc(-c3ccc(N(c4ccc(-c5cc6ccccc6c6ccccc56)cc4)c4ccc5c6ccccc6c6ccccc6c5c4)cc3)cc1)c1ccccc12. The number of anilines is 3. The van der Waals surface area contributed by atoms with E-state index in [2.05, 4.69) is 254 Å². The largest absolute Gasteiger partial charge is 0.310 e. The van der Waals surface area contributed by atoms with Crippen molar-refractivity contribution in [2.24, 2.45) is 0 Å². The van der Waals surface area contributed by atoms with Crippen LogP contribution in [0.2, 0.25) is 0 Å². The number of nitrogens with zero attached hydrogens (tertiary/aromatic N) is 1. The third-order valence-electron chi connectivity index (χ3n) is 13.6. The molecular weight excluding hydrogens is 783 g/mol. The van der Waals surface area contributed by atoms with Crippen molar-refractivity contribution in [3.63, 3.8) is 0 Å². The van der Waals surface area contributed by atoms with Crippen molar-refractivity contribution in [3.05, 3.63) is 249 Å². The first-order valence-corrected chi connectivity index (χ1v) is 22.5. The summed E-state index contributed by atoms with van der Waals surface area (Å²) >= 11 is 0. The van der Waals surface area contributed by atoms with E-state index >= 15 is 0 Å². The summed E-state index contributed by atoms with van der Waals surface area (Å²) in [5.41, 5.74) is 10.6. The van der Waals surface area contributed by atoms with Gasteiger partial charge in [-0.1, -0.05) is 200 Å². The number of fused-ring (bicyclic) bond motifs is 12. The molecule has 0 unspecified atom stereocenters. The van der Waals surface area contributed by atoms with Gasteiger partial charge in [-0.15, -0.1) is 0 Å². The Morgan fingerprint density at radius 1 is 0.185 bits per heavy atom. The first-order valence-electron chi connectivity index (χ1n) is 22.5. The lowest BCUT2D eigenvalue weighted by atomic mass is 9.92. The van der Waals surface area contributed by atoms with Crippen LogP contribution in [0.4, 0.5) is 17.1 Å². The second kappa shape index (κ2) is 15.1. The van der Waals surface area contributed by atoms with E-state index in [0.717, 1.165) is 17.1 Å². The molecule has 13 rings (SSSR count). The van der Waals surface area contributed by atoms with Crippen molar-refractivity contribution < 1.29 is 0 Å². The molecule has 13 aromatic rings. The topological polar surface area (TPSA) is 3.24 Å². The number of hydrogen-bond donors (Lipinski definition) is 0. The van der Waals surface area contributed by atoms with E-state index < -0.39 is 0 Å². The average molecular weight is 824 g/mol. The normalized spacial score (nSPS) is 11.7. The molecule has 1 heteroatoms. The third kappa shape index (κ3) is 6.16. The molecule has 0 saturated heterocycles. The van der Waals surface area contributed by atoms with Crippen LogP contribution < -0.4 is 4.90 Å². The summed E-state index contributed by atoms with van der Waals surface area (Å²) < 4.78 is 0. The fraction of sp³-hybridized carbons (Fsp3) is 0. The summed E-state index contributed by atoms with van der Waals surface area (Å²) in [5.74, 6) is 0. The van der Waals surface area contributed by atoms with Gasteiger partial charge in [-0.05, 0) is 157 Å². The van der Waals surface area contributed by atoms with Gasteiger partial charge in [-0.2, -0.15) is 0 Å².